The van der Waals surface area contributed by atoms with E-state index in [1.54, 1.807) is 0 Å². The quantitative estimate of drug-likeness (QED) is 0.805. The van der Waals surface area contributed by atoms with Gasteiger partial charge in [0.1, 0.15) is 5.75 Å². The van der Waals surface area contributed by atoms with Crippen LogP contribution in [-0.2, 0) is 6.42 Å². The number of ketones is 1. The standard InChI is InChI=1S/C14H17NO2/c16-13(9-15-12-4-5-12)10-3-6-14-11(8-10)2-1-7-17-14/h3,6,8,12,15H,1-2,4-5,7,9H2. The zero-order valence-corrected chi connectivity index (χ0v) is 9.87. The maximum absolute atomic E-state index is 12.0. The van der Waals surface area contributed by atoms with Crippen LogP contribution >= 0.6 is 0 Å². The molecular formula is C14H17NO2. The van der Waals surface area contributed by atoms with Gasteiger partial charge in [0.15, 0.2) is 5.78 Å². The van der Waals surface area contributed by atoms with E-state index in [9.17, 15) is 4.79 Å². The summed E-state index contributed by atoms with van der Waals surface area (Å²) in [6.07, 6.45) is 4.49. The third kappa shape index (κ3) is 2.50. The Morgan fingerprint density at radius 3 is 3.12 bits per heavy atom. The molecule has 0 aromatic heterocycles. The van der Waals surface area contributed by atoms with Gasteiger partial charge in [-0.3, -0.25) is 4.79 Å². The van der Waals surface area contributed by atoms with E-state index in [2.05, 4.69) is 5.32 Å². The fraction of sp³-hybridized carbons (Fsp3) is 0.500. The molecule has 3 rings (SSSR count). The van der Waals surface area contributed by atoms with Crippen molar-refractivity contribution in [1.29, 1.82) is 0 Å². The van der Waals surface area contributed by atoms with E-state index in [0.29, 0.717) is 12.6 Å². The van der Waals surface area contributed by atoms with Crippen LogP contribution in [0.5, 0.6) is 5.75 Å². The van der Waals surface area contributed by atoms with Crippen LogP contribution in [0.4, 0.5) is 0 Å². The Morgan fingerprint density at radius 2 is 2.29 bits per heavy atom. The van der Waals surface area contributed by atoms with Gasteiger partial charge in [0.05, 0.1) is 13.2 Å². The molecule has 90 valence electrons. The third-order valence-corrected chi connectivity index (χ3v) is 3.36. The van der Waals surface area contributed by atoms with Gasteiger partial charge in [0.2, 0.25) is 0 Å². The Hall–Kier alpha value is -1.35. The molecule has 0 atom stereocenters. The van der Waals surface area contributed by atoms with Gasteiger partial charge in [-0.15, -0.1) is 0 Å². The second-order valence-corrected chi connectivity index (χ2v) is 4.85. The number of rotatable bonds is 4. The smallest absolute Gasteiger partial charge is 0.176 e. The van der Waals surface area contributed by atoms with Gasteiger partial charge in [0.25, 0.3) is 0 Å². The summed E-state index contributed by atoms with van der Waals surface area (Å²) in [7, 11) is 0. The Labute approximate surface area is 101 Å². The minimum Gasteiger partial charge on any atom is -0.493 e. The van der Waals surface area contributed by atoms with E-state index in [0.717, 1.165) is 30.8 Å². The lowest BCUT2D eigenvalue weighted by molar-refractivity contribution is 0.0990. The summed E-state index contributed by atoms with van der Waals surface area (Å²) in [5.41, 5.74) is 1.98. The topological polar surface area (TPSA) is 38.3 Å². The summed E-state index contributed by atoms with van der Waals surface area (Å²) in [6, 6.07) is 6.38. The second-order valence-electron chi connectivity index (χ2n) is 4.85. The zero-order valence-electron chi connectivity index (χ0n) is 9.87. The predicted molar refractivity (Wildman–Crippen MR) is 65.6 cm³/mol. The molecule has 0 radical (unpaired) electrons. The molecule has 1 fully saturated rings. The molecule has 0 bridgehead atoms. The molecule has 3 heteroatoms. The molecule has 17 heavy (non-hydrogen) atoms. The Bertz CT molecular complexity index is 438. The molecule has 3 nitrogen and oxygen atoms in total. The molecule has 1 aliphatic heterocycles. The summed E-state index contributed by atoms with van der Waals surface area (Å²) < 4.78 is 5.54. The van der Waals surface area contributed by atoms with Crippen LogP contribution in [0.15, 0.2) is 18.2 Å². The molecule has 0 saturated heterocycles. The molecule has 1 saturated carbocycles. The number of nitrogens with one attached hydrogen (secondary N) is 1. The normalized spacial score (nSPS) is 18.4. The van der Waals surface area contributed by atoms with Crippen LogP contribution in [0.3, 0.4) is 0 Å². The van der Waals surface area contributed by atoms with Crippen LogP contribution in [0.2, 0.25) is 0 Å². The highest BCUT2D eigenvalue weighted by atomic mass is 16.5. The second kappa shape index (κ2) is 4.49. The molecule has 1 heterocycles. The van der Waals surface area contributed by atoms with Crippen LogP contribution in [0, 0.1) is 0 Å². The van der Waals surface area contributed by atoms with Gasteiger partial charge < -0.3 is 10.1 Å². The van der Waals surface area contributed by atoms with Crippen molar-refractivity contribution >= 4 is 5.78 Å². The third-order valence-electron chi connectivity index (χ3n) is 3.36. The first-order chi connectivity index (χ1) is 8.33. The van der Waals surface area contributed by atoms with E-state index >= 15 is 0 Å². The summed E-state index contributed by atoms with van der Waals surface area (Å²) >= 11 is 0. The van der Waals surface area contributed by atoms with Gasteiger partial charge in [-0.1, -0.05) is 0 Å². The van der Waals surface area contributed by atoms with Crippen molar-refractivity contribution in [3.8, 4) is 5.75 Å². The van der Waals surface area contributed by atoms with E-state index in [-0.39, 0.29) is 5.78 Å². The number of carbonyl (C=O) groups is 1. The number of ether oxygens (including phenoxy) is 1. The molecule has 1 aromatic carbocycles. The average molecular weight is 231 g/mol. The molecule has 0 spiro atoms. The van der Waals surface area contributed by atoms with Crippen LogP contribution in [-0.4, -0.2) is 25.0 Å². The highest BCUT2D eigenvalue weighted by Crippen LogP contribution is 2.25. The first-order valence-electron chi connectivity index (χ1n) is 6.35. The minimum absolute atomic E-state index is 0.185. The summed E-state index contributed by atoms with van der Waals surface area (Å²) in [4.78, 5) is 12.0. The molecule has 1 N–H and O–H groups in total. The van der Waals surface area contributed by atoms with E-state index in [4.69, 9.17) is 4.74 Å². The Morgan fingerprint density at radius 1 is 1.41 bits per heavy atom. The van der Waals surface area contributed by atoms with Crippen molar-refractivity contribution < 1.29 is 9.53 Å². The Kier molecular flexibility index (Phi) is 2.85. The lowest BCUT2D eigenvalue weighted by Gasteiger charge is -2.17. The molecule has 1 aromatic rings. The number of hydrogen-bond donors (Lipinski definition) is 1. The first kappa shape index (κ1) is 10.8. The largest absolute Gasteiger partial charge is 0.493 e. The van der Waals surface area contributed by atoms with Crippen molar-refractivity contribution in [1.82, 2.24) is 5.32 Å². The molecule has 0 unspecified atom stereocenters. The van der Waals surface area contributed by atoms with Gasteiger partial charge in [-0.2, -0.15) is 0 Å². The number of benzene rings is 1. The highest BCUT2D eigenvalue weighted by molar-refractivity contribution is 5.98. The van der Waals surface area contributed by atoms with Gasteiger partial charge >= 0.3 is 0 Å². The van der Waals surface area contributed by atoms with E-state index in [1.807, 2.05) is 18.2 Å². The lowest BCUT2D eigenvalue weighted by Crippen LogP contribution is -2.25. The fourth-order valence-corrected chi connectivity index (χ4v) is 2.16. The van der Waals surface area contributed by atoms with Crippen molar-refractivity contribution in [3.05, 3.63) is 29.3 Å². The number of Topliss-reactive ketones (excluding diaryl/α,β-unsaturated/α-hetero) is 1. The lowest BCUT2D eigenvalue weighted by atomic mass is 10.0. The zero-order chi connectivity index (χ0) is 11.7. The van der Waals surface area contributed by atoms with Gasteiger partial charge in [-0.25, -0.2) is 0 Å². The number of aryl methyl sites for hydroxylation is 1. The number of carbonyl (C=O) groups excluding carboxylic acids is 1. The van der Waals surface area contributed by atoms with Gasteiger partial charge in [-0.05, 0) is 49.4 Å². The van der Waals surface area contributed by atoms with Crippen molar-refractivity contribution in [2.45, 2.75) is 31.7 Å². The average Bonchev–Trinajstić information content (AvgIpc) is 3.19. The molecule has 2 aliphatic rings. The summed E-state index contributed by atoms with van der Waals surface area (Å²) in [5.74, 6) is 1.13. The van der Waals surface area contributed by atoms with Gasteiger partial charge in [0, 0.05) is 11.6 Å². The van der Waals surface area contributed by atoms with Crippen molar-refractivity contribution in [2.75, 3.05) is 13.2 Å². The van der Waals surface area contributed by atoms with Crippen LogP contribution < -0.4 is 10.1 Å². The van der Waals surface area contributed by atoms with E-state index in [1.165, 1.54) is 18.4 Å². The van der Waals surface area contributed by atoms with Crippen LogP contribution in [0.1, 0.15) is 35.2 Å². The molecular weight excluding hydrogens is 214 g/mol. The minimum atomic E-state index is 0.185. The Balaban J connectivity index is 1.70. The predicted octanol–water partition coefficient (Wildman–Crippen LogP) is 1.95. The molecule has 1 aliphatic carbocycles. The number of fused-ring (bicyclic) bond motifs is 1. The van der Waals surface area contributed by atoms with Crippen LogP contribution in [0.25, 0.3) is 0 Å². The van der Waals surface area contributed by atoms with E-state index < -0.39 is 0 Å². The SMILES string of the molecule is O=C(CNC1CC1)c1ccc2c(c1)CCCO2. The first-order valence-corrected chi connectivity index (χ1v) is 6.35. The maximum atomic E-state index is 12.0. The number of hydrogen-bond acceptors (Lipinski definition) is 3. The monoisotopic (exact) mass is 231 g/mol. The summed E-state index contributed by atoms with van der Waals surface area (Å²) in [6.45, 7) is 1.26. The van der Waals surface area contributed by atoms with Crippen molar-refractivity contribution in [3.63, 3.8) is 0 Å². The maximum Gasteiger partial charge on any atom is 0.176 e. The fourth-order valence-electron chi connectivity index (χ4n) is 2.16. The highest BCUT2D eigenvalue weighted by Gasteiger charge is 2.21. The molecule has 0 amide bonds. The van der Waals surface area contributed by atoms with Crippen molar-refractivity contribution in [2.24, 2.45) is 0 Å². The summed E-state index contributed by atoms with van der Waals surface area (Å²) in [5, 5.41) is 3.25.